The Hall–Kier alpha value is -3.25. The summed E-state index contributed by atoms with van der Waals surface area (Å²) in [6.07, 6.45) is 3.55. The van der Waals surface area contributed by atoms with Crippen molar-refractivity contribution in [3.63, 3.8) is 0 Å². The Labute approximate surface area is 164 Å². The number of aromatic nitrogens is 1. The first-order valence-electron chi connectivity index (χ1n) is 8.31. The first kappa shape index (κ1) is 19.5. The SMILES string of the molecule is O=C(/C=C/c1c(F)cccc1F)Nc1ccc(=O)n(Cc2ccccc2Cl)c1. The molecule has 0 spiro atoms. The summed E-state index contributed by atoms with van der Waals surface area (Å²) in [4.78, 5) is 24.1. The van der Waals surface area contributed by atoms with Crippen molar-refractivity contribution < 1.29 is 13.6 Å². The van der Waals surface area contributed by atoms with Gasteiger partial charge in [-0.05, 0) is 35.9 Å². The Morgan fingerprint density at radius 1 is 1.04 bits per heavy atom. The number of amides is 1. The molecular weight excluding hydrogens is 386 g/mol. The van der Waals surface area contributed by atoms with Crippen molar-refractivity contribution in [2.24, 2.45) is 0 Å². The van der Waals surface area contributed by atoms with Gasteiger partial charge in [0.1, 0.15) is 11.6 Å². The fourth-order valence-corrected chi connectivity index (χ4v) is 2.75. The maximum Gasteiger partial charge on any atom is 0.250 e. The Balaban J connectivity index is 1.76. The predicted molar refractivity (Wildman–Crippen MR) is 105 cm³/mol. The number of halogens is 3. The van der Waals surface area contributed by atoms with Crippen LogP contribution in [0.25, 0.3) is 6.08 Å². The van der Waals surface area contributed by atoms with Crippen LogP contribution in [0.4, 0.5) is 14.5 Å². The molecule has 0 aliphatic heterocycles. The molecule has 0 aliphatic rings. The van der Waals surface area contributed by atoms with Gasteiger partial charge in [0.15, 0.2) is 0 Å². The maximum absolute atomic E-state index is 13.6. The Bertz CT molecular complexity index is 1090. The fourth-order valence-electron chi connectivity index (χ4n) is 2.55. The smallest absolute Gasteiger partial charge is 0.250 e. The highest BCUT2D eigenvalue weighted by atomic mass is 35.5. The second-order valence-electron chi connectivity index (χ2n) is 5.93. The third-order valence-electron chi connectivity index (χ3n) is 3.95. The molecule has 1 amide bonds. The molecule has 0 saturated heterocycles. The summed E-state index contributed by atoms with van der Waals surface area (Å²) in [5.74, 6) is -2.12. The normalized spacial score (nSPS) is 11.0. The van der Waals surface area contributed by atoms with Gasteiger partial charge in [0.25, 0.3) is 5.56 Å². The van der Waals surface area contributed by atoms with Gasteiger partial charge in [-0.25, -0.2) is 8.78 Å². The number of hydrogen-bond donors (Lipinski definition) is 1. The number of benzene rings is 2. The van der Waals surface area contributed by atoms with Crippen LogP contribution in [0, 0.1) is 11.6 Å². The van der Waals surface area contributed by atoms with Gasteiger partial charge in [-0.1, -0.05) is 35.9 Å². The quantitative estimate of drug-likeness (QED) is 0.642. The minimum atomic E-state index is -0.766. The molecule has 0 bridgehead atoms. The molecule has 0 unspecified atom stereocenters. The van der Waals surface area contributed by atoms with Gasteiger partial charge < -0.3 is 9.88 Å². The van der Waals surface area contributed by atoms with Crippen molar-refractivity contribution in [1.82, 2.24) is 4.57 Å². The second kappa shape index (κ2) is 8.63. The van der Waals surface area contributed by atoms with Crippen LogP contribution >= 0.6 is 11.6 Å². The lowest BCUT2D eigenvalue weighted by atomic mass is 10.2. The minimum absolute atomic E-state index is 0.235. The average Bonchev–Trinajstić information content (AvgIpc) is 2.66. The van der Waals surface area contributed by atoms with Crippen LogP contribution in [0.2, 0.25) is 5.02 Å². The highest BCUT2D eigenvalue weighted by Crippen LogP contribution is 2.17. The zero-order valence-electron chi connectivity index (χ0n) is 14.5. The zero-order chi connectivity index (χ0) is 20.1. The summed E-state index contributed by atoms with van der Waals surface area (Å²) in [5.41, 5.74) is 0.545. The summed E-state index contributed by atoms with van der Waals surface area (Å²) in [7, 11) is 0. The van der Waals surface area contributed by atoms with Gasteiger partial charge in [-0.3, -0.25) is 9.59 Å². The van der Waals surface area contributed by atoms with Crippen molar-refractivity contribution >= 4 is 29.3 Å². The fraction of sp³-hybridized carbons (Fsp3) is 0.0476. The molecule has 7 heteroatoms. The molecule has 142 valence electrons. The molecule has 3 aromatic rings. The summed E-state index contributed by atoms with van der Waals surface area (Å²) in [5, 5.41) is 3.08. The van der Waals surface area contributed by atoms with Crippen LogP contribution in [-0.4, -0.2) is 10.5 Å². The lowest BCUT2D eigenvalue weighted by Crippen LogP contribution is -2.20. The second-order valence-corrected chi connectivity index (χ2v) is 6.34. The van der Waals surface area contributed by atoms with Crippen LogP contribution in [0.1, 0.15) is 11.1 Å². The zero-order valence-corrected chi connectivity index (χ0v) is 15.3. The van der Waals surface area contributed by atoms with Gasteiger partial charge in [0.05, 0.1) is 12.2 Å². The summed E-state index contributed by atoms with van der Waals surface area (Å²) >= 11 is 6.12. The Kier molecular flexibility index (Phi) is 6.01. The lowest BCUT2D eigenvalue weighted by Gasteiger charge is -2.10. The first-order valence-corrected chi connectivity index (χ1v) is 8.69. The summed E-state index contributed by atoms with van der Waals surface area (Å²) in [6.45, 7) is 0.235. The topological polar surface area (TPSA) is 51.1 Å². The summed E-state index contributed by atoms with van der Waals surface area (Å²) < 4.78 is 28.6. The van der Waals surface area contributed by atoms with Crippen LogP contribution in [0.15, 0.2) is 71.7 Å². The van der Waals surface area contributed by atoms with E-state index in [1.54, 1.807) is 18.2 Å². The largest absolute Gasteiger partial charge is 0.321 e. The molecule has 2 aromatic carbocycles. The third-order valence-corrected chi connectivity index (χ3v) is 4.32. The van der Waals surface area contributed by atoms with Crippen molar-refractivity contribution in [3.8, 4) is 0 Å². The van der Waals surface area contributed by atoms with E-state index in [1.807, 2.05) is 6.07 Å². The van der Waals surface area contributed by atoms with E-state index in [9.17, 15) is 18.4 Å². The van der Waals surface area contributed by atoms with E-state index in [0.717, 1.165) is 29.8 Å². The number of anilines is 1. The van der Waals surface area contributed by atoms with Gasteiger partial charge in [0.2, 0.25) is 5.91 Å². The van der Waals surface area contributed by atoms with Crippen molar-refractivity contribution in [2.75, 3.05) is 5.32 Å². The van der Waals surface area contributed by atoms with E-state index >= 15 is 0 Å². The van der Waals surface area contributed by atoms with Crippen molar-refractivity contribution in [2.45, 2.75) is 6.54 Å². The molecular formula is C21H15ClF2N2O2. The highest BCUT2D eigenvalue weighted by Gasteiger charge is 2.07. The van der Waals surface area contributed by atoms with E-state index in [2.05, 4.69) is 5.32 Å². The molecule has 0 saturated carbocycles. The molecule has 0 aliphatic carbocycles. The number of carbonyl (C=O) groups excluding carboxylic acids is 1. The van der Waals surface area contributed by atoms with Crippen LogP contribution in [0.5, 0.6) is 0 Å². The molecule has 1 aromatic heterocycles. The predicted octanol–water partition coefficient (Wildman–Crippen LogP) is 4.48. The molecule has 1 N–H and O–H groups in total. The van der Waals surface area contributed by atoms with E-state index < -0.39 is 17.5 Å². The molecule has 3 rings (SSSR count). The molecule has 0 fully saturated rings. The van der Waals surface area contributed by atoms with E-state index in [4.69, 9.17) is 11.6 Å². The van der Waals surface area contributed by atoms with Gasteiger partial charge in [-0.2, -0.15) is 0 Å². The van der Waals surface area contributed by atoms with Gasteiger partial charge in [-0.15, -0.1) is 0 Å². The van der Waals surface area contributed by atoms with Crippen molar-refractivity contribution in [1.29, 1.82) is 0 Å². The highest BCUT2D eigenvalue weighted by molar-refractivity contribution is 6.31. The maximum atomic E-state index is 13.6. The number of carbonyl (C=O) groups is 1. The number of hydrogen-bond acceptors (Lipinski definition) is 2. The standard InChI is InChI=1S/C21H15ClF2N2O2/c22-17-5-2-1-4-14(17)12-26-13-15(8-11-21(26)28)25-20(27)10-9-16-18(23)6-3-7-19(16)24/h1-11,13H,12H2,(H,25,27)/b10-9+. The third kappa shape index (κ3) is 4.72. The van der Waals surface area contributed by atoms with E-state index in [0.29, 0.717) is 10.7 Å². The molecule has 4 nitrogen and oxygen atoms in total. The first-order chi connectivity index (χ1) is 13.4. The van der Waals surface area contributed by atoms with Crippen molar-refractivity contribution in [3.05, 3.63) is 105 Å². The molecule has 0 atom stereocenters. The molecule has 0 radical (unpaired) electrons. The van der Waals surface area contributed by atoms with E-state index in [1.165, 1.54) is 29.0 Å². The number of nitrogens with zero attached hydrogens (tertiary/aromatic N) is 1. The summed E-state index contributed by atoms with van der Waals surface area (Å²) in [6, 6.07) is 13.3. The number of rotatable bonds is 5. The Morgan fingerprint density at radius 2 is 1.75 bits per heavy atom. The number of pyridine rings is 1. The minimum Gasteiger partial charge on any atom is -0.321 e. The molecule has 1 heterocycles. The van der Waals surface area contributed by atoms with Crippen LogP contribution in [-0.2, 0) is 11.3 Å². The molecule has 28 heavy (non-hydrogen) atoms. The van der Waals surface area contributed by atoms with Gasteiger partial charge >= 0.3 is 0 Å². The lowest BCUT2D eigenvalue weighted by molar-refractivity contribution is -0.111. The number of nitrogens with one attached hydrogen (secondary N) is 1. The van der Waals surface area contributed by atoms with Gasteiger partial charge in [0, 0.05) is 28.9 Å². The average molecular weight is 401 g/mol. The van der Waals surface area contributed by atoms with Crippen LogP contribution in [0.3, 0.4) is 0 Å². The van der Waals surface area contributed by atoms with E-state index in [-0.39, 0.29) is 17.7 Å². The Morgan fingerprint density at radius 3 is 2.46 bits per heavy atom. The monoisotopic (exact) mass is 400 g/mol. The van der Waals surface area contributed by atoms with Crippen LogP contribution < -0.4 is 10.9 Å².